The molecule has 1 N–H and O–H groups in total. The minimum atomic E-state index is -0.681. The molecule has 0 aliphatic heterocycles. The minimum Gasteiger partial charge on any atom is -0.462 e. The molecule has 0 saturated carbocycles. The van der Waals surface area contributed by atoms with Gasteiger partial charge in [-0.05, 0) is 6.42 Å². The number of nitrogens with one attached hydrogen (secondary N) is 1. The quantitative estimate of drug-likeness (QED) is 0.0846. The van der Waals surface area contributed by atoms with Crippen LogP contribution >= 0.6 is 0 Å². The molecular weight excluding hydrogens is 492 g/mol. The Kier molecular flexibility index (Phi) is 21.8. The van der Waals surface area contributed by atoms with Crippen LogP contribution in [0, 0.1) is 0 Å². The molecule has 1 aromatic rings. The summed E-state index contributed by atoms with van der Waals surface area (Å²) < 4.78 is 12.5. The number of hydrogen-bond acceptors (Lipinski definition) is 5. The van der Waals surface area contributed by atoms with Crippen molar-refractivity contribution in [1.82, 2.24) is 5.32 Å². The van der Waals surface area contributed by atoms with E-state index in [1.54, 1.807) is 0 Å². The third-order valence-corrected chi connectivity index (χ3v) is 6.87. The molecule has 1 rings (SSSR count). The summed E-state index contributed by atoms with van der Waals surface area (Å²) >= 11 is 0. The summed E-state index contributed by atoms with van der Waals surface area (Å²) in [4.78, 5) is 35.7. The highest BCUT2D eigenvalue weighted by Crippen LogP contribution is 2.13. The van der Waals surface area contributed by atoms with E-state index in [0.717, 1.165) is 19.4 Å². The van der Waals surface area contributed by atoms with Gasteiger partial charge in [0.2, 0.25) is 5.91 Å². The van der Waals surface area contributed by atoms with Gasteiger partial charge in [-0.25, -0.2) is 4.57 Å². The molecule has 1 amide bonds. The smallest absolute Gasteiger partial charge is 0.306 e. The Morgan fingerprint density at radius 2 is 1.26 bits per heavy atom. The lowest BCUT2D eigenvalue weighted by molar-refractivity contribution is -0.697. The molecule has 0 spiro atoms. The van der Waals surface area contributed by atoms with Gasteiger partial charge in [0.25, 0.3) is 0 Å². The van der Waals surface area contributed by atoms with E-state index in [1.165, 1.54) is 90.4 Å². The van der Waals surface area contributed by atoms with Crippen LogP contribution < -0.4 is 9.88 Å². The molecule has 7 heteroatoms. The van der Waals surface area contributed by atoms with Crippen molar-refractivity contribution in [2.45, 2.75) is 142 Å². The Morgan fingerprint density at radius 1 is 0.718 bits per heavy atom. The van der Waals surface area contributed by atoms with Gasteiger partial charge in [-0.2, -0.15) is 0 Å². The average Bonchev–Trinajstić information content (AvgIpc) is 2.92. The summed E-state index contributed by atoms with van der Waals surface area (Å²) in [6.07, 6.45) is 24.0. The SMILES string of the molecule is CCCCCCCCCCCCCCCCCC(=O)NCC(COC(=O)CCC[n+]1ccccc1)OC(C)=O. The molecule has 0 aromatic carbocycles. The normalized spacial score (nSPS) is 11.6. The molecule has 1 unspecified atom stereocenters. The van der Waals surface area contributed by atoms with E-state index in [2.05, 4.69) is 12.2 Å². The van der Waals surface area contributed by atoms with E-state index in [1.807, 2.05) is 35.2 Å². The fraction of sp³-hybridized carbons (Fsp3) is 0.750. The van der Waals surface area contributed by atoms with Crippen LogP contribution in [-0.2, 0) is 30.4 Å². The molecule has 39 heavy (non-hydrogen) atoms. The summed E-state index contributed by atoms with van der Waals surface area (Å²) in [5, 5.41) is 2.82. The van der Waals surface area contributed by atoms with Crippen molar-refractivity contribution < 1.29 is 28.4 Å². The standard InChI is InChI=1S/C32H54N2O5/c1-3-4-5-6-7-8-9-10-11-12-13-14-15-16-18-22-31(36)33-27-30(39-29(2)35)28-38-32(37)23-21-26-34-24-19-17-20-25-34/h17,19-20,24-25,30H,3-16,18,21-23,26-28H2,1-2H3/p+1. The highest BCUT2D eigenvalue weighted by atomic mass is 16.6. The van der Waals surface area contributed by atoms with E-state index < -0.39 is 12.1 Å². The number of esters is 2. The Hall–Kier alpha value is -2.44. The maximum Gasteiger partial charge on any atom is 0.306 e. The number of nitrogens with zero attached hydrogens (tertiary/aromatic N) is 1. The predicted octanol–water partition coefficient (Wildman–Crippen LogP) is 6.61. The van der Waals surface area contributed by atoms with Crippen LogP contribution in [0.15, 0.2) is 30.6 Å². The third kappa shape index (κ3) is 22.1. The van der Waals surface area contributed by atoms with Gasteiger partial charge in [0.1, 0.15) is 13.2 Å². The molecule has 1 atom stereocenters. The monoisotopic (exact) mass is 547 g/mol. The molecule has 222 valence electrons. The van der Waals surface area contributed by atoms with Gasteiger partial charge >= 0.3 is 11.9 Å². The number of carbonyl (C=O) groups is 3. The number of unbranched alkanes of at least 4 members (excludes halogenated alkanes) is 14. The second kappa shape index (κ2) is 24.6. The number of pyridine rings is 1. The largest absolute Gasteiger partial charge is 0.462 e. The van der Waals surface area contributed by atoms with Gasteiger partial charge in [-0.1, -0.05) is 103 Å². The highest BCUT2D eigenvalue weighted by molar-refractivity contribution is 5.76. The number of amides is 1. The van der Waals surface area contributed by atoms with Crippen LogP contribution in [0.3, 0.4) is 0 Å². The highest BCUT2D eigenvalue weighted by Gasteiger charge is 2.16. The van der Waals surface area contributed by atoms with Crippen molar-refractivity contribution in [3.63, 3.8) is 0 Å². The Bertz CT molecular complexity index is 756. The van der Waals surface area contributed by atoms with Crippen LogP contribution in [0.2, 0.25) is 0 Å². The molecule has 0 saturated heterocycles. The summed E-state index contributed by atoms with van der Waals surface area (Å²) in [6, 6.07) is 5.83. The van der Waals surface area contributed by atoms with E-state index in [9.17, 15) is 14.4 Å². The summed E-state index contributed by atoms with van der Waals surface area (Å²) in [5.41, 5.74) is 0. The molecule has 1 heterocycles. The molecule has 0 fully saturated rings. The summed E-state index contributed by atoms with van der Waals surface area (Å²) in [5.74, 6) is -0.867. The number of rotatable bonds is 25. The Labute approximate surface area is 237 Å². The van der Waals surface area contributed by atoms with Crippen molar-refractivity contribution >= 4 is 17.8 Å². The minimum absolute atomic E-state index is 0.0594. The average molecular weight is 548 g/mol. The molecule has 0 radical (unpaired) electrons. The number of hydrogen-bond donors (Lipinski definition) is 1. The van der Waals surface area contributed by atoms with Crippen molar-refractivity contribution in [2.24, 2.45) is 0 Å². The maximum atomic E-state index is 12.2. The topological polar surface area (TPSA) is 85.6 Å². The van der Waals surface area contributed by atoms with Crippen LogP contribution in [0.4, 0.5) is 0 Å². The lowest BCUT2D eigenvalue weighted by Crippen LogP contribution is -2.38. The van der Waals surface area contributed by atoms with Gasteiger partial charge < -0.3 is 14.8 Å². The number of aromatic nitrogens is 1. The van der Waals surface area contributed by atoms with Gasteiger partial charge in [-0.15, -0.1) is 0 Å². The van der Waals surface area contributed by atoms with Crippen molar-refractivity contribution in [2.75, 3.05) is 13.2 Å². The van der Waals surface area contributed by atoms with E-state index in [0.29, 0.717) is 12.8 Å². The molecule has 0 aliphatic rings. The zero-order valence-electron chi connectivity index (χ0n) is 24.8. The first-order chi connectivity index (χ1) is 19.0. The number of aryl methyl sites for hydroxylation is 1. The van der Waals surface area contributed by atoms with E-state index in [4.69, 9.17) is 9.47 Å². The van der Waals surface area contributed by atoms with E-state index >= 15 is 0 Å². The zero-order chi connectivity index (χ0) is 28.4. The second-order valence-electron chi connectivity index (χ2n) is 10.6. The number of ether oxygens (including phenoxy) is 2. The van der Waals surface area contributed by atoms with Crippen molar-refractivity contribution in [1.29, 1.82) is 0 Å². The van der Waals surface area contributed by atoms with Crippen LogP contribution in [-0.4, -0.2) is 37.1 Å². The lowest BCUT2D eigenvalue weighted by Gasteiger charge is -2.17. The number of carbonyl (C=O) groups excluding carboxylic acids is 3. The maximum absolute atomic E-state index is 12.2. The predicted molar refractivity (Wildman–Crippen MR) is 155 cm³/mol. The van der Waals surface area contributed by atoms with E-state index in [-0.39, 0.29) is 31.4 Å². The fourth-order valence-corrected chi connectivity index (χ4v) is 4.59. The Balaban J connectivity index is 2.02. The third-order valence-electron chi connectivity index (χ3n) is 6.87. The first-order valence-corrected chi connectivity index (χ1v) is 15.5. The van der Waals surface area contributed by atoms with Crippen LogP contribution in [0.25, 0.3) is 0 Å². The second-order valence-corrected chi connectivity index (χ2v) is 10.6. The Morgan fingerprint density at radius 3 is 1.79 bits per heavy atom. The first-order valence-electron chi connectivity index (χ1n) is 15.5. The van der Waals surface area contributed by atoms with Crippen molar-refractivity contribution in [3.05, 3.63) is 30.6 Å². The summed E-state index contributed by atoms with van der Waals surface area (Å²) in [7, 11) is 0. The summed E-state index contributed by atoms with van der Waals surface area (Å²) in [6.45, 7) is 4.38. The first kappa shape index (κ1) is 34.6. The molecular formula is C32H55N2O5+. The zero-order valence-corrected chi connectivity index (χ0v) is 24.8. The van der Waals surface area contributed by atoms with Gasteiger partial charge in [0, 0.05) is 31.9 Å². The lowest BCUT2D eigenvalue weighted by atomic mass is 10.0. The molecule has 1 aromatic heterocycles. The fourth-order valence-electron chi connectivity index (χ4n) is 4.59. The van der Waals surface area contributed by atoms with Gasteiger partial charge in [0.15, 0.2) is 18.5 Å². The van der Waals surface area contributed by atoms with Gasteiger partial charge in [0.05, 0.1) is 13.0 Å². The molecule has 0 bridgehead atoms. The van der Waals surface area contributed by atoms with Gasteiger partial charge in [-0.3, -0.25) is 14.4 Å². The molecule has 7 nitrogen and oxygen atoms in total. The van der Waals surface area contributed by atoms with Crippen LogP contribution in [0.1, 0.15) is 129 Å². The van der Waals surface area contributed by atoms with Crippen LogP contribution in [0.5, 0.6) is 0 Å². The van der Waals surface area contributed by atoms with Crippen molar-refractivity contribution in [3.8, 4) is 0 Å². The molecule has 0 aliphatic carbocycles.